The van der Waals surface area contributed by atoms with E-state index >= 15 is 0 Å². The third-order valence-corrected chi connectivity index (χ3v) is 5.31. The number of piperazine rings is 1. The van der Waals surface area contributed by atoms with Crippen LogP contribution >= 0.6 is 0 Å². The highest BCUT2D eigenvalue weighted by molar-refractivity contribution is 5.79. The molecule has 26 heavy (non-hydrogen) atoms. The first-order chi connectivity index (χ1) is 12.7. The van der Waals surface area contributed by atoms with Crippen LogP contribution in [0.1, 0.15) is 44.9 Å². The molecule has 1 aliphatic carbocycles. The van der Waals surface area contributed by atoms with E-state index in [-0.39, 0.29) is 11.8 Å². The highest BCUT2D eigenvalue weighted by Gasteiger charge is 2.31. The topological polar surface area (TPSA) is 75.4 Å². The van der Waals surface area contributed by atoms with Crippen LogP contribution < -0.4 is 4.90 Å². The molecule has 2 fully saturated rings. The standard InChI is InChI=1S/C19H25N5O2/c1-3-13(2)19(25)24-11-9-23(10-12-24)16-15(5-4-8-20-16)18-22-21-17(26-18)14-6-7-14/h4-5,8,13-14H,3,6-7,9-12H2,1-2H3. The van der Waals surface area contributed by atoms with Gasteiger partial charge in [-0.05, 0) is 31.4 Å². The molecule has 1 saturated heterocycles. The zero-order chi connectivity index (χ0) is 18.1. The zero-order valence-corrected chi connectivity index (χ0v) is 15.4. The van der Waals surface area contributed by atoms with E-state index < -0.39 is 0 Å². The molecule has 0 spiro atoms. The molecule has 4 rings (SSSR count). The maximum absolute atomic E-state index is 12.4. The number of aromatic nitrogens is 3. The first-order valence-electron chi connectivity index (χ1n) is 9.50. The molecule has 1 atom stereocenters. The summed E-state index contributed by atoms with van der Waals surface area (Å²) in [6.45, 7) is 7.01. The summed E-state index contributed by atoms with van der Waals surface area (Å²) in [4.78, 5) is 21.1. The van der Waals surface area contributed by atoms with Gasteiger partial charge in [0, 0.05) is 44.2 Å². The van der Waals surface area contributed by atoms with Gasteiger partial charge in [-0.3, -0.25) is 4.79 Å². The monoisotopic (exact) mass is 355 g/mol. The van der Waals surface area contributed by atoms with Crippen LogP contribution in [0.2, 0.25) is 0 Å². The highest BCUT2D eigenvalue weighted by atomic mass is 16.4. The fourth-order valence-corrected chi connectivity index (χ4v) is 3.28. The van der Waals surface area contributed by atoms with Crippen molar-refractivity contribution < 1.29 is 9.21 Å². The number of anilines is 1. The molecule has 138 valence electrons. The highest BCUT2D eigenvalue weighted by Crippen LogP contribution is 2.40. The predicted octanol–water partition coefficient (Wildman–Crippen LogP) is 2.70. The second-order valence-corrected chi connectivity index (χ2v) is 7.22. The lowest BCUT2D eigenvalue weighted by Crippen LogP contribution is -2.50. The molecule has 1 unspecified atom stereocenters. The maximum Gasteiger partial charge on any atom is 0.251 e. The van der Waals surface area contributed by atoms with Crippen molar-refractivity contribution in [3.8, 4) is 11.5 Å². The molecular formula is C19H25N5O2. The fourth-order valence-electron chi connectivity index (χ4n) is 3.28. The van der Waals surface area contributed by atoms with Crippen molar-refractivity contribution in [3.63, 3.8) is 0 Å². The van der Waals surface area contributed by atoms with E-state index in [1.807, 2.05) is 24.0 Å². The largest absolute Gasteiger partial charge is 0.420 e. The summed E-state index contributed by atoms with van der Waals surface area (Å²) in [6.07, 6.45) is 4.93. The van der Waals surface area contributed by atoms with E-state index in [9.17, 15) is 4.79 Å². The number of carbonyl (C=O) groups excluding carboxylic acids is 1. The maximum atomic E-state index is 12.4. The van der Waals surface area contributed by atoms with Crippen LogP contribution in [0.15, 0.2) is 22.7 Å². The first kappa shape index (κ1) is 17.0. The van der Waals surface area contributed by atoms with Gasteiger partial charge in [-0.15, -0.1) is 10.2 Å². The van der Waals surface area contributed by atoms with Crippen molar-refractivity contribution in [2.75, 3.05) is 31.1 Å². The molecule has 7 heteroatoms. The van der Waals surface area contributed by atoms with Gasteiger partial charge in [0.2, 0.25) is 11.8 Å². The summed E-state index contributed by atoms with van der Waals surface area (Å²) < 4.78 is 5.88. The predicted molar refractivity (Wildman–Crippen MR) is 97.8 cm³/mol. The van der Waals surface area contributed by atoms with Crippen molar-refractivity contribution in [2.24, 2.45) is 5.92 Å². The van der Waals surface area contributed by atoms with Crippen LogP contribution in [-0.4, -0.2) is 52.2 Å². The number of nitrogens with zero attached hydrogens (tertiary/aromatic N) is 5. The van der Waals surface area contributed by atoms with Crippen molar-refractivity contribution in [3.05, 3.63) is 24.2 Å². The Labute approximate surface area is 153 Å². The lowest BCUT2D eigenvalue weighted by Gasteiger charge is -2.37. The summed E-state index contributed by atoms with van der Waals surface area (Å²) in [5.41, 5.74) is 0.869. The van der Waals surface area contributed by atoms with E-state index in [1.165, 1.54) is 0 Å². The molecule has 0 aromatic carbocycles. The SMILES string of the molecule is CCC(C)C(=O)N1CCN(c2ncccc2-c2nnc(C3CC3)o2)CC1. The average molecular weight is 355 g/mol. The third-order valence-electron chi connectivity index (χ3n) is 5.31. The Balaban J connectivity index is 1.49. The molecule has 0 N–H and O–H groups in total. The Morgan fingerprint density at radius 1 is 1.27 bits per heavy atom. The number of hydrogen-bond donors (Lipinski definition) is 0. The lowest BCUT2D eigenvalue weighted by molar-refractivity contribution is -0.135. The third kappa shape index (κ3) is 3.30. The Hall–Kier alpha value is -2.44. The molecule has 0 radical (unpaired) electrons. The number of carbonyl (C=O) groups is 1. The van der Waals surface area contributed by atoms with Gasteiger partial charge in [0.25, 0.3) is 5.89 Å². The van der Waals surface area contributed by atoms with E-state index in [1.54, 1.807) is 6.20 Å². The molecule has 2 aromatic rings. The number of pyridine rings is 1. The lowest BCUT2D eigenvalue weighted by atomic mass is 10.1. The molecule has 7 nitrogen and oxygen atoms in total. The first-order valence-corrected chi connectivity index (χ1v) is 9.50. The quantitative estimate of drug-likeness (QED) is 0.821. The number of amides is 1. The zero-order valence-electron chi connectivity index (χ0n) is 15.4. The van der Waals surface area contributed by atoms with Crippen LogP contribution in [0, 0.1) is 5.92 Å². The summed E-state index contributed by atoms with van der Waals surface area (Å²) >= 11 is 0. The Morgan fingerprint density at radius 2 is 2.04 bits per heavy atom. The van der Waals surface area contributed by atoms with Gasteiger partial charge in [-0.2, -0.15) is 0 Å². The summed E-state index contributed by atoms with van der Waals surface area (Å²) in [5, 5.41) is 8.42. The smallest absolute Gasteiger partial charge is 0.251 e. The Bertz CT molecular complexity index is 778. The van der Waals surface area contributed by atoms with Gasteiger partial charge in [-0.1, -0.05) is 13.8 Å². The average Bonchev–Trinajstić information content (AvgIpc) is 3.44. The van der Waals surface area contributed by atoms with Crippen molar-refractivity contribution in [1.29, 1.82) is 0 Å². The van der Waals surface area contributed by atoms with Gasteiger partial charge >= 0.3 is 0 Å². The molecule has 2 aliphatic rings. The van der Waals surface area contributed by atoms with Gasteiger partial charge < -0.3 is 14.2 Å². The minimum Gasteiger partial charge on any atom is -0.420 e. The van der Waals surface area contributed by atoms with Gasteiger partial charge in [0.1, 0.15) is 5.82 Å². The van der Waals surface area contributed by atoms with Crippen LogP contribution in [0.5, 0.6) is 0 Å². The van der Waals surface area contributed by atoms with Gasteiger partial charge in [-0.25, -0.2) is 4.98 Å². The van der Waals surface area contributed by atoms with Crippen molar-refractivity contribution in [1.82, 2.24) is 20.1 Å². The van der Waals surface area contributed by atoms with E-state index in [4.69, 9.17) is 4.42 Å². The second kappa shape index (κ2) is 7.05. The second-order valence-electron chi connectivity index (χ2n) is 7.22. The minimum absolute atomic E-state index is 0.0891. The molecule has 1 saturated carbocycles. The summed E-state index contributed by atoms with van der Waals surface area (Å²) in [5.74, 6) is 2.90. The molecule has 3 heterocycles. The Morgan fingerprint density at radius 3 is 2.73 bits per heavy atom. The summed E-state index contributed by atoms with van der Waals surface area (Å²) in [7, 11) is 0. The van der Waals surface area contributed by atoms with Gasteiger partial charge in [0.05, 0.1) is 5.56 Å². The van der Waals surface area contributed by atoms with E-state index in [2.05, 4.69) is 27.0 Å². The minimum atomic E-state index is 0.0891. The fraction of sp³-hybridized carbons (Fsp3) is 0.579. The number of rotatable bonds is 5. The molecule has 2 aromatic heterocycles. The van der Waals surface area contributed by atoms with Crippen molar-refractivity contribution in [2.45, 2.75) is 39.0 Å². The molecule has 1 amide bonds. The van der Waals surface area contributed by atoms with E-state index in [0.29, 0.717) is 11.8 Å². The van der Waals surface area contributed by atoms with Crippen molar-refractivity contribution >= 4 is 11.7 Å². The normalized spacial score (nSPS) is 18.8. The Kier molecular flexibility index (Phi) is 4.61. The van der Waals surface area contributed by atoms with Gasteiger partial charge in [0.15, 0.2) is 0 Å². The van der Waals surface area contributed by atoms with Crippen LogP contribution in [0.4, 0.5) is 5.82 Å². The van der Waals surface area contributed by atoms with Crippen LogP contribution in [0.25, 0.3) is 11.5 Å². The molecular weight excluding hydrogens is 330 g/mol. The van der Waals surface area contributed by atoms with Crippen LogP contribution in [0.3, 0.4) is 0 Å². The molecule has 1 aliphatic heterocycles. The molecule has 0 bridgehead atoms. The van der Waals surface area contributed by atoms with Crippen LogP contribution in [-0.2, 0) is 4.79 Å². The number of hydrogen-bond acceptors (Lipinski definition) is 6. The van der Waals surface area contributed by atoms with E-state index in [0.717, 1.165) is 62.7 Å². The summed E-state index contributed by atoms with van der Waals surface area (Å²) in [6, 6.07) is 3.87.